The molecule has 2 N–H and O–H groups in total. The van der Waals surface area contributed by atoms with E-state index in [1.807, 2.05) is 0 Å². The number of aryl methyl sites for hydroxylation is 2. The zero-order chi connectivity index (χ0) is 10.7. The number of hydrogen-bond acceptors (Lipinski definition) is 1. The van der Waals surface area contributed by atoms with E-state index in [2.05, 4.69) is 45.9 Å². The minimum Gasteiger partial charge on any atom is -0.324 e. The molecule has 0 aliphatic heterocycles. The molecule has 1 aromatic rings. The van der Waals surface area contributed by atoms with Crippen LogP contribution >= 0.6 is 0 Å². The average Bonchev–Trinajstić information content (AvgIpc) is 2.20. The fourth-order valence-electron chi connectivity index (χ4n) is 1.55. The Labute approximate surface area is 87.3 Å². The van der Waals surface area contributed by atoms with E-state index in [0.717, 1.165) is 6.42 Å². The van der Waals surface area contributed by atoms with Gasteiger partial charge in [0.05, 0.1) is 0 Å². The summed E-state index contributed by atoms with van der Waals surface area (Å²) in [4.78, 5) is 0. The molecule has 0 amide bonds. The van der Waals surface area contributed by atoms with Gasteiger partial charge in [-0.15, -0.1) is 0 Å². The summed E-state index contributed by atoms with van der Waals surface area (Å²) in [7, 11) is 0. The van der Waals surface area contributed by atoms with Crippen molar-refractivity contribution in [2.45, 2.75) is 40.2 Å². The summed E-state index contributed by atoms with van der Waals surface area (Å²) < 4.78 is 0. The summed E-state index contributed by atoms with van der Waals surface area (Å²) in [5.41, 5.74) is 10.1. The molecule has 0 bridgehead atoms. The predicted molar refractivity (Wildman–Crippen MR) is 62.3 cm³/mol. The molecule has 1 heteroatoms. The minimum absolute atomic E-state index is 0.180. The molecule has 0 aliphatic rings. The van der Waals surface area contributed by atoms with Crippen LogP contribution in [0.3, 0.4) is 0 Å². The maximum Gasteiger partial charge on any atom is 0.0320 e. The average molecular weight is 191 g/mol. The van der Waals surface area contributed by atoms with Crippen molar-refractivity contribution in [1.29, 1.82) is 0 Å². The fraction of sp³-hybridized carbons (Fsp3) is 0.538. The standard InChI is InChI=1S/C13H21N/c1-5-9(2)13(14)12-7-6-10(3)11(4)8-12/h6-9,13H,5,14H2,1-4H3. The molecule has 1 rings (SSSR count). The first-order valence-corrected chi connectivity index (χ1v) is 5.39. The van der Waals surface area contributed by atoms with Gasteiger partial charge in [0.15, 0.2) is 0 Å². The van der Waals surface area contributed by atoms with Crippen molar-refractivity contribution in [3.63, 3.8) is 0 Å². The molecule has 0 spiro atoms. The second-order valence-electron chi connectivity index (χ2n) is 4.26. The van der Waals surface area contributed by atoms with Crippen molar-refractivity contribution in [2.75, 3.05) is 0 Å². The molecule has 0 fully saturated rings. The maximum atomic E-state index is 6.17. The van der Waals surface area contributed by atoms with E-state index in [-0.39, 0.29) is 6.04 Å². The van der Waals surface area contributed by atoms with E-state index in [4.69, 9.17) is 5.73 Å². The van der Waals surface area contributed by atoms with Gasteiger partial charge < -0.3 is 5.73 Å². The van der Waals surface area contributed by atoms with Crippen molar-refractivity contribution < 1.29 is 0 Å². The summed E-state index contributed by atoms with van der Waals surface area (Å²) in [6.07, 6.45) is 1.13. The van der Waals surface area contributed by atoms with Crippen molar-refractivity contribution in [3.05, 3.63) is 34.9 Å². The van der Waals surface area contributed by atoms with Crippen LogP contribution in [0.4, 0.5) is 0 Å². The summed E-state index contributed by atoms with van der Waals surface area (Å²) in [6, 6.07) is 6.71. The van der Waals surface area contributed by atoms with E-state index in [1.54, 1.807) is 0 Å². The van der Waals surface area contributed by atoms with Crippen molar-refractivity contribution in [2.24, 2.45) is 11.7 Å². The molecule has 0 radical (unpaired) electrons. The highest BCUT2D eigenvalue weighted by molar-refractivity contribution is 5.31. The molecule has 0 saturated carbocycles. The summed E-state index contributed by atoms with van der Waals surface area (Å²) >= 11 is 0. The third-order valence-electron chi connectivity index (χ3n) is 3.17. The molecule has 78 valence electrons. The predicted octanol–water partition coefficient (Wildman–Crippen LogP) is 3.35. The SMILES string of the molecule is CCC(C)C(N)c1ccc(C)c(C)c1. The lowest BCUT2D eigenvalue weighted by Gasteiger charge is -2.19. The molecule has 0 heterocycles. The summed E-state index contributed by atoms with van der Waals surface area (Å²) in [6.45, 7) is 8.67. The first-order valence-electron chi connectivity index (χ1n) is 5.39. The number of rotatable bonds is 3. The van der Waals surface area contributed by atoms with Crippen LogP contribution in [-0.4, -0.2) is 0 Å². The second kappa shape index (κ2) is 4.61. The van der Waals surface area contributed by atoms with Crippen molar-refractivity contribution in [3.8, 4) is 0 Å². The molecule has 1 nitrogen and oxygen atoms in total. The monoisotopic (exact) mass is 191 g/mol. The van der Waals surface area contributed by atoms with Gasteiger partial charge in [0.2, 0.25) is 0 Å². The van der Waals surface area contributed by atoms with Crippen LogP contribution in [0.2, 0.25) is 0 Å². The Kier molecular flexibility index (Phi) is 3.70. The van der Waals surface area contributed by atoms with Gasteiger partial charge in [-0.1, -0.05) is 38.5 Å². The summed E-state index contributed by atoms with van der Waals surface area (Å²) in [5, 5.41) is 0. The first-order chi connectivity index (χ1) is 6.56. The van der Waals surface area contributed by atoms with Gasteiger partial charge >= 0.3 is 0 Å². The molecule has 0 aromatic heterocycles. The van der Waals surface area contributed by atoms with Gasteiger partial charge in [-0.2, -0.15) is 0 Å². The largest absolute Gasteiger partial charge is 0.324 e. The lowest BCUT2D eigenvalue weighted by molar-refractivity contribution is 0.456. The molecular weight excluding hydrogens is 170 g/mol. The van der Waals surface area contributed by atoms with Gasteiger partial charge in [-0.05, 0) is 36.5 Å². The van der Waals surface area contributed by atoms with Crippen LogP contribution in [0.25, 0.3) is 0 Å². The second-order valence-corrected chi connectivity index (χ2v) is 4.26. The van der Waals surface area contributed by atoms with Crippen molar-refractivity contribution >= 4 is 0 Å². The zero-order valence-corrected chi connectivity index (χ0v) is 9.67. The highest BCUT2D eigenvalue weighted by Gasteiger charge is 2.13. The van der Waals surface area contributed by atoms with E-state index >= 15 is 0 Å². The Morgan fingerprint density at radius 1 is 1.21 bits per heavy atom. The van der Waals surface area contributed by atoms with Gasteiger partial charge in [-0.3, -0.25) is 0 Å². The highest BCUT2D eigenvalue weighted by atomic mass is 14.6. The van der Waals surface area contributed by atoms with Gasteiger partial charge in [0.25, 0.3) is 0 Å². The topological polar surface area (TPSA) is 26.0 Å². The third-order valence-corrected chi connectivity index (χ3v) is 3.17. The van der Waals surface area contributed by atoms with Crippen molar-refractivity contribution in [1.82, 2.24) is 0 Å². The molecular formula is C13H21N. The number of hydrogen-bond donors (Lipinski definition) is 1. The van der Waals surface area contributed by atoms with Gasteiger partial charge in [0.1, 0.15) is 0 Å². The molecule has 2 unspecified atom stereocenters. The summed E-state index contributed by atoms with van der Waals surface area (Å²) in [5.74, 6) is 0.553. The first kappa shape index (κ1) is 11.3. The van der Waals surface area contributed by atoms with Crippen LogP contribution < -0.4 is 5.73 Å². The van der Waals surface area contributed by atoms with Crippen LogP contribution in [-0.2, 0) is 0 Å². The minimum atomic E-state index is 0.180. The Morgan fingerprint density at radius 2 is 1.86 bits per heavy atom. The van der Waals surface area contributed by atoms with Crippen LogP contribution in [0.15, 0.2) is 18.2 Å². The molecule has 0 saturated heterocycles. The molecule has 1 aromatic carbocycles. The van der Waals surface area contributed by atoms with E-state index in [0.29, 0.717) is 5.92 Å². The normalized spacial score (nSPS) is 15.2. The Hall–Kier alpha value is -0.820. The Balaban J connectivity index is 2.91. The van der Waals surface area contributed by atoms with Crippen LogP contribution in [0, 0.1) is 19.8 Å². The smallest absolute Gasteiger partial charge is 0.0320 e. The lowest BCUT2D eigenvalue weighted by Crippen LogP contribution is -2.18. The van der Waals surface area contributed by atoms with E-state index in [9.17, 15) is 0 Å². The zero-order valence-electron chi connectivity index (χ0n) is 9.67. The molecule has 14 heavy (non-hydrogen) atoms. The van der Waals surface area contributed by atoms with Gasteiger partial charge in [0, 0.05) is 6.04 Å². The highest BCUT2D eigenvalue weighted by Crippen LogP contribution is 2.23. The van der Waals surface area contributed by atoms with Gasteiger partial charge in [-0.25, -0.2) is 0 Å². The molecule has 0 aliphatic carbocycles. The van der Waals surface area contributed by atoms with Crippen LogP contribution in [0.5, 0.6) is 0 Å². The Morgan fingerprint density at radius 3 is 2.36 bits per heavy atom. The molecule has 2 atom stereocenters. The maximum absolute atomic E-state index is 6.17. The van der Waals surface area contributed by atoms with Crippen LogP contribution in [0.1, 0.15) is 43.0 Å². The lowest BCUT2D eigenvalue weighted by atomic mass is 9.91. The van der Waals surface area contributed by atoms with E-state index in [1.165, 1.54) is 16.7 Å². The number of nitrogens with two attached hydrogens (primary N) is 1. The Bertz CT molecular complexity index is 304. The number of benzene rings is 1. The van der Waals surface area contributed by atoms with E-state index < -0.39 is 0 Å². The quantitative estimate of drug-likeness (QED) is 0.779. The fourth-order valence-corrected chi connectivity index (χ4v) is 1.55. The third kappa shape index (κ3) is 2.36.